The molecular formula is C17H15F3N4OS2. The highest BCUT2D eigenvalue weighted by molar-refractivity contribution is 8.04. The van der Waals surface area contributed by atoms with Crippen molar-refractivity contribution in [1.82, 2.24) is 4.98 Å². The fourth-order valence-corrected chi connectivity index (χ4v) is 4.55. The Morgan fingerprint density at radius 1 is 1.26 bits per heavy atom. The number of alkyl halides is 3. The van der Waals surface area contributed by atoms with E-state index in [0.717, 1.165) is 17.3 Å². The van der Waals surface area contributed by atoms with E-state index in [0.29, 0.717) is 22.3 Å². The lowest BCUT2D eigenvalue weighted by Gasteiger charge is -2.29. The van der Waals surface area contributed by atoms with E-state index in [2.05, 4.69) is 4.98 Å². The maximum Gasteiger partial charge on any atom is 0.398 e. The van der Waals surface area contributed by atoms with Crippen LogP contribution in [0.4, 0.5) is 18.9 Å². The van der Waals surface area contributed by atoms with E-state index in [4.69, 9.17) is 11.5 Å². The number of pyridine rings is 1. The van der Waals surface area contributed by atoms with Gasteiger partial charge in [-0.1, -0.05) is 30.0 Å². The molecule has 0 spiro atoms. The number of aromatic nitrogens is 1. The zero-order valence-corrected chi connectivity index (χ0v) is 15.4. The van der Waals surface area contributed by atoms with Gasteiger partial charge in [0.2, 0.25) is 0 Å². The van der Waals surface area contributed by atoms with Crippen LogP contribution in [0.25, 0.3) is 0 Å². The maximum atomic E-state index is 12.7. The highest BCUT2D eigenvalue weighted by atomic mass is 32.2. The average Bonchev–Trinajstić information content (AvgIpc) is 2.98. The monoisotopic (exact) mass is 412 g/mol. The smallest absolute Gasteiger partial charge is 0.384 e. The number of thioether (sulfide) groups is 2. The first-order valence-electron chi connectivity index (χ1n) is 7.72. The lowest BCUT2D eigenvalue weighted by atomic mass is 10.2. The molecule has 1 aromatic carbocycles. The number of halogens is 3. The van der Waals surface area contributed by atoms with Crippen molar-refractivity contribution in [1.29, 1.82) is 0 Å². The summed E-state index contributed by atoms with van der Waals surface area (Å²) in [6, 6.07) is 10.1. The minimum absolute atomic E-state index is 0.112. The van der Waals surface area contributed by atoms with Gasteiger partial charge in [0.15, 0.2) is 0 Å². The van der Waals surface area contributed by atoms with Crippen molar-refractivity contribution in [3.05, 3.63) is 65.1 Å². The molecule has 0 fully saturated rings. The normalized spacial score (nSPS) is 17.4. The van der Waals surface area contributed by atoms with E-state index < -0.39 is 23.2 Å². The first-order chi connectivity index (χ1) is 12.8. The number of hydrogen-bond donors (Lipinski definition) is 2. The van der Waals surface area contributed by atoms with Gasteiger partial charge in [-0.3, -0.25) is 9.78 Å². The molecule has 10 heteroatoms. The van der Waals surface area contributed by atoms with Crippen molar-refractivity contribution in [2.24, 2.45) is 11.5 Å². The molecule has 142 valence electrons. The molecule has 0 aliphatic carbocycles. The van der Waals surface area contributed by atoms with Gasteiger partial charge in [-0.05, 0) is 18.2 Å². The molecule has 1 atom stereocenters. The van der Waals surface area contributed by atoms with Gasteiger partial charge in [0.25, 0.3) is 5.91 Å². The van der Waals surface area contributed by atoms with Gasteiger partial charge in [0.05, 0.1) is 11.4 Å². The molecule has 0 radical (unpaired) electrons. The third-order valence-electron chi connectivity index (χ3n) is 3.67. The Hall–Kier alpha value is -2.33. The van der Waals surface area contributed by atoms with Crippen LogP contribution in [0.1, 0.15) is 10.9 Å². The van der Waals surface area contributed by atoms with Crippen LogP contribution in [0.15, 0.2) is 64.4 Å². The van der Waals surface area contributed by atoms with Crippen molar-refractivity contribution in [2.45, 2.75) is 16.4 Å². The largest absolute Gasteiger partial charge is 0.398 e. The second-order valence-corrected chi connectivity index (χ2v) is 7.68. The Balaban J connectivity index is 2.04. The summed E-state index contributed by atoms with van der Waals surface area (Å²) in [4.78, 5) is 18.0. The molecule has 1 aliphatic heterocycles. The van der Waals surface area contributed by atoms with E-state index in [-0.39, 0.29) is 10.7 Å². The predicted molar refractivity (Wildman–Crippen MR) is 101 cm³/mol. The highest BCUT2D eigenvalue weighted by Gasteiger charge is 2.37. The van der Waals surface area contributed by atoms with E-state index in [1.165, 1.54) is 0 Å². The van der Waals surface area contributed by atoms with Crippen LogP contribution in [0.5, 0.6) is 0 Å². The zero-order valence-electron chi connectivity index (χ0n) is 13.8. The number of primary amides is 1. The van der Waals surface area contributed by atoms with Gasteiger partial charge in [-0.2, -0.15) is 13.2 Å². The Morgan fingerprint density at radius 3 is 2.63 bits per heavy atom. The number of benzene rings is 1. The van der Waals surface area contributed by atoms with Crippen molar-refractivity contribution in [2.75, 3.05) is 10.7 Å². The van der Waals surface area contributed by atoms with E-state index in [1.807, 2.05) is 0 Å². The van der Waals surface area contributed by atoms with Gasteiger partial charge >= 0.3 is 6.18 Å². The lowest BCUT2D eigenvalue weighted by molar-refractivity contribution is -0.114. The molecule has 1 aromatic heterocycles. The number of nitrogens with zero attached hydrogens (tertiary/aromatic N) is 2. The molecule has 0 saturated carbocycles. The highest BCUT2D eigenvalue weighted by Crippen LogP contribution is 2.50. The summed E-state index contributed by atoms with van der Waals surface area (Å²) in [5.74, 6) is -1.61. The molecule has 5 nitrogen and oxygen atoms in total. The zero-order chi connectivity index (χ0) is 19.6. The fraction of sp³-hybridized carbons (Fsp3) is 0.176. The molecule has 1 amide bonds. The molecule has 3 rings (SSSR count). The second-order valence-electron chi connectivity index (χ2n) is 5.58. The number of amides is 1. The van der Waals surface area contributed by atoms with Crippen LogP contribution in [-0.4, -0.2) is 22.8 Å². The third-order valence-corrected chi connectivity index (χ3v) is 6.15. The first kappa shape index (κ1) is 19.4. The summed E-state index contributed by atoms with van der Waals surface area (Å²) in [5, 5.41) is -0.464. The van der Waals surface area contributed by atoms with Crippen molar-refractivity contribution in [3.63, 3.8) is 0 Å². The van der Waals surface area contributed by atoms with Gasteiger partial charge in [-0.15, -0.1) is 11.8 Å². The summed E-state index contributed by atoms with van der Waals surface area (Å²) in [6.45, 7) is 0. The van der Waals surface area contributed by atoms with Gasteiger partial charge < -0.3 is 16.4 Å². The Labute approximate surface area is 162 Å². The fourth-order valence-electron chi connectivity index (χ4n) is 2.58. The van der Waals surface area contributed by atoms with Crippen LogP contribution >= 0.6 is 23.5 Å². The van der Waals surface area contributed by atoms with E-state index in [1.54, 1.807) is 53.7 Å². The topological polar surface area (TPSA) is 85.2 Å². The van der Waals surface area contributed by atoms with Gasteiger partial charge in [-0.25, -0.2) is 0 Å². The van der Waals surface area contributed by atoms with Crippen LogP contribution in [0.3, 0.4) is 0 Å². The molecule has 2 aromatic rings. The summed E-state index contributed by atoms with van der Waals surface area (Å²) in [5.41, 5.74) is 12.8. The van der Waals surface area contributed by atoms with Crippen molar-refractivity contribution >= 4 is 35.1 Å². The quantitative estimate of drug-likeness (QED) is 0.730. The summed E-state index contributed by atoms with van der Waals surface area (Å²) in [6.07, 6.45) is -1.08. The molecule has 1 aliphatic rings. The summed E-state index contributed by atoms with van der Waals surface area (Å²) < 4.78 is 38.1. The number of rotatable bonds is 5. The lowest BCUT2D eigenvalue weighted by Crippen LogP contribution is -2.28. The number of carbonyl (C=O) groups excluding carboxylic acids is 1. The van der Waals surface area contributed by atoms with Gasteiger partial charge in [0.1, 0.15) is 16.1 Å². The molecular weight excluding hydrogens is 397 g/mol. The third kappa shape index (κ3) is 4.33. The molecule has 1 unspecified atom stereocenters. The van der Waals surface area contributed by atoms with Crippen LogP contribution in [0.2, 0.25) is 0 Å². The number of hydrogen-bond acceptors (Lipinski definition) is 6. The van der Waals surface area contributed by atoms with Crippen molar-refractivity contribution < 1.29 is 18.0 Å². The summed E-state index contributed by atoms with van der Waals surface area (Å²) >= 11 is 1.81. The van der Waals surface area contributed by atoms with E-state index in [9.17, 15) is 18.0 Å². The number of nitrogens with two attached hydrogens (primary N) is 2. The van der Waals surface area contributed by atoms with E-state index >= 15 is 0 Å². The molecule has 0 saturated heterocycles. The van der Waals surface area contributed by atoms with Gasteiger partial charge in [0, 0.05) is 22.9 Å². The second kappa shape index (κ2) is 7.73. The maximum absolute atomic E-state index is 12.7. The minimum atomic E-state index is -4.31. The Kier molecular flexibility index (Phi) is 5.56. The summed E-state index contributed by atoms with van der Waals surface area (Å²) in [7, 11) is 0. The van der Waals surface area contributed by atoms with Crippen LogP contribution < -0.4 is 16.4 Å². The molecule has 0 bridgehead atoms. The van der Waals surface area contributed by atoms with Crippen LogP contribution in [-0.2, 0) is 4.79 Å². The number of para-hydroxylation sites is 1. The predicted octanol–water partition coefficient (Wildman–Crippen LogP) is 3.60. The molecule has 27 heavy (non-hydrogen) atoms. The minimum Gasteiger partial charge on any atom is -0.384 e. The average molecular weight is 412 g/mol. The molecule has 2 heterocycles. The standard InChI is InChI=1S/C17H15F3N4OS2/c18-17(19,20)9-26-12-6-2-1-5-11(12)24-14(21)13(15(22)25)27-16(24)10-4-3-7-23-8-10/h1-8,16H,9,21H2,(H2,22,25). The number of anilines is 1. The van der Waals surface area contributed by atoms with Crippen LogP contribution in [0, 0.1) is 0 Å². The SMILES string of the molecule is NC(=O)C1=C(N)N(c2ccccc2SCC(F)(F)F)C(c2cccnc2)S1. The first-order valence-corrected chi connectivity index (χ1v) is 9.58. The number of carbonyl (C=O) groups is 1. The van der Waals surface area contributed by atoms with Crippen molar-refractivity contribution in [3.8, 4) is 0 Å². The Morgan fingerprint density at radius 2 is 2.00 bits per heavy atom. The Bertz CT molecular complexity index is 874. The molecule has 4 N–H and O–H groups in total.